The molecule has 2 N–H and O–H groups in total. The summed E-state index contributed by atoms with van der Waals surface area (Å²) in [6.45, 7) is 4.09. The molecule has 0 aromatic carbocycles. The van der Waals surface area contributed by atoms with Gasteiger partial charge in [-0.15, -0.1) is 0 Å². The molecule has 0 unspecified atom stereocenters. The second-order valence-electron chi connectivity index (χ2n) is 4.81. The second-order valence-corrected chi connectivity index (χ2v) is 4.81. The molecule has 0 spiro atoms. The van der Waals surface area contributed by atoms with E-state index in [4.69, 9.17) is 5.73 Å². The lowest BCUT2D eigenvalue weighted by molar-refractivity contribution is 0.518. The fourth-order valence-electron chi connectivity index (χ4n) is 1.92. The predicted molar refractivity (Wildman–Crippen MR) is 62.7 cm³/mol. The van der Waals surface area contributed by atoms with Crippen LogP contribution in [0.4, 0.5) is 0 Å². The van der Waals surface area contributed by atoms with E-state index in [0.717, 1.165) is 12.1 Å². The van der Waals surface area contributed by atoms with Crippen molar-refractivity contribution in [3.63, 3.8) is 0 Å². The Bertz CT molecular complexity index is 477. The molecule has 0 aliphatic heterocycles. The van der Waals surface area contributed by atoms with Crippen molar-refractivity contribution in [1.82, 2.24) is 9.55 Å². The molecule has 0 saturated heterocycles. The van der Waals surface area contributed by atoms with Crippen LogP contribution in [0.5, 0.6) is 0 Å². The van der Waals surface area contributed by atoms with Gasteiger partial charge in [0.1, 0.15) is 5.65 Å². The molecule has 0 saturated carbocycles. The highest BCUT2D eigenvalue weighted by molar-refractivity contribution is 5.80. The SMILES string of the molecule is Cn1cc(CC(C)(C)N)c2cccnc21. The highest BCUT2D eigenvalue weighted by Gasteiger charge is 2.15. The van der Waals surface area contributed by atoms with E-state index < -0.39 is 0 Å². The maximum atomic E-state index is 6.04. The molecule has 2 heterocycles. The van der Waals surface area contributed by atoms with Crippen LogP contribution in [0.15, 0.2) is 24.5 Å². The number of rotatable bonds is 2. The summed E-state index contributed by atoms with van der Waals surface area (Å²) in [6, 6.07) is 4.07. The van der Waals surface area contributed by atoms with Crippen molar-refractivity contribution in [2.45, 2.75) is 25.8 Å². The lowest BCUT2D eigenvalue weighted by atomic mass is 9.96. The van der Waals surface area contributed by atoms with Crippen LogP contribution in [0.25, 0.3) is 11.0 Å². The molecule has 15 heavy (non-hydrogen) atoms. The van der Waals surface area contributed by atoms with Gasteiger partial charge < -0.3 is 10.3 Å². The summed E-state index contributed by atoms with van der Waals surface area (Å²) in [5, 5.41) is 1.21. The number of hydrogen-bond donors (Lipinski definition) is 1. The van der Waals surface area contributed by atoms with Gasteiger partial charge in [-0.05, 0) is 38.0 Å². The highest BCUT2D eigenvalue weighted by atomic mass is 15.0. The number of aryl methyl sites for hydroxylation is 1. The standard InChI is InChI=1S/C12H17N3/c1-12(2,13)7-9-8-15(3)11-10(9)5-4-6-14-11/h4-6,8H,7,13H2,1-3H3. The fourth-order valence-corrected chi connectivity index (χ4v) is 1.92. The minimum absolute atomic E-state index is 0.176. The van der Waals surface area contributed by atoms with Crippen LogP contribution in [-0.4, -0.2) is 15.1 Å². The summed E-state index contributed by atoms with van der Waals surface area (Å²) >= 11 is 0. The van der Waals surface area contributed by atoms with Gasteiger partial charge in [-0.3, -0.25) is 0 Å². The molecule has 2 aromatic heterocycles. The van der Waals surface area contributed by atoms with Crippen molar-refractivity contribution in [2.24, 2.45) is 12.8 Å². The number of hydrogen-bond acceptors (Lipinski definition) is 2. The first-order valence-electron chi connectivity index (χ1n) is 5.15. The average Bonchev–Trinajstić information content (AvgIpc) is 2.42. The molecule has 0 aliphatic rings. The van der Waals surface area contributed by atoms with Crippen molar-refractivity contribution >= 4 is 11.0 Å². The molecular formula is C12H17N3. The third kappa shape index (κ3) is 2.02. The fraction of sp³-hybridized carbons (Fsp3) is 0.417. The number of pyridine rings is 1. The van der Waals surface area contributed by atoms with Crippen LogP contribution in [0, 0.1) is 0 Å². The van der Waals surface area contributed by atoms with E-state index in [-0.39, 0.29) is 5.54 Å². The Hall–Kier alpha value is -1.35. The van der Waals surface area contributed by atoms with Gasteiger partial charge in [0.15, 0.2) is 0 Å². The summed E-state index contributed by atoms with van der Waals surface area (Å²) in [5.74, 6) is 0. The lowest BCUT2D eigenvalue weighted by Crippen LogP contribution is -2.34. The van der Waals surface area contributed by atoms with Gasteiger partial charge in [0, 0.05) is 30.4 Å². The molecule has 80 valence electrons. The van der Waals surface area contributed by atoms with Crippen LogP contribution in [0.2, 0.25) is 0 Å². The van der Waals surface area contributed by atoms with Gasteiger partial charge in [-0.1, -0.05) is 0 Å². The lowest BCUT2D eigenvalue weighted by Gasteiger charge is -2.17. The van der Waals surface area contributed by atoms with Crippen LogP contribution in [0.3, 0.4) is 0 Å². The van der Waals surface area contributed by atoms with Gasteiger partial charge in [0.25, 0.3) is 0 Å². The van der Waals surface area contributed by atoms with Crippen molar-refractivity contribution in [3.05, 3.63) is 30.1 Å². The summed E-state index contributed by atoms with van der Waals surface area (Å²) in [4.78, 5) is 4.35. The van der Waals surface area contributed by atoms with Crippen molar-refractivity contribution in [2.75, 3.05) is 0 Å². The predicted octanol–water partition coefficient (Wildman–Crippen LogP) is 1.85. The Morgan fingerprint density at radius 3 is 2.87 bits per heavy atom. The van der Waals surface area contributed by atoms with E-state index in [0.29, 0.717) is 0 Å². The van der Waals surface area contributed by atoms with Gasteiger partial charge in [-0.2, -0.15) is 0 Å². The normalized spacial score (nSPS) is 12.3. The largest absolute Gasteiger partial charge is 0.335 e. The van der Waals surface area contributed by atoms with Crippen molar-refractivity contribution in [3.8, 4) is 0 Å². The monoisotopic (exact) mass is 203 g/mol. The molecule has 0 fully saturated rings. The van der Waals surface area contributed by atoms with Crippen LogP contribution in [-0.2, 0) is 13.5 Å². The van der Waals surface area contributed by atoms with E-state index in [1.54, 1.807) is 0 Å². The first kappa shape index (κ1) is 10.2. The van der Waals surface area contributed by atoms with E-state index in [1.165, 1.54) is 10.9 Å². The number of fused-ring (bicyclic) bond motifs is 1. The van der Waals surface area contributed by atoms with E-state index in [9.17, 15) is 0 Å². The summed E-state index contributed by atoms with van der Waals surface area (Å²) in [5.41, 5.74) is 8.16. The molecule has 0 atom stereocenters. The Kier molecular flexibility index (Phi) is 2.27. The zero-order valence-corrected chi connectivity index (χ0v) is 9.49. The summed E-state index contributed by atoms with van der Waals surface area (Å²) in [6.07, 6.45) is 4.81. The first-order chi connectivity index (χ1) is 6.97. The molecule has 3 heteroatoms. The van der Waals surface area contributed by atoms with Gasteiger partial charge in [0.05, 0.1) is 0 Å². The number of nitrogens with zero attached hydrogens (tertiary/aromatic N) is 2. The third-order valence-corrected chi connectivity index (χ3v) is 2.46. The molecule has 2 rings (SSSR count). The molecule has 0 amide bonds. The molecule has 0 bridgehead atoms. The zero-order chi connectivity index (χ0) is 11.1. The second kappa shape index (κ2) is 3.35. The van der Waals surface area contributed by atoms with Crippen molar-refractivity contribution < 1.29 is 0 Å². The Morgan fingerprint density at radius 1 is 1.47 bits per heavy atom. The third-order valence-electron chi connectivity index (χ3n) is 2.46. The number of aromatic nitrogens is 2. The minimum Gasteiger partial charge on any atom is -0.335 e. The van der Waals surface area contributed by atoms with E-state index >= 15 is 0 Å². The van der Waals surface area contributed by atoms with E-state index in [1.807, 2.05) is 33.2 Å². The smallest absolute Gasteiger partial charge is 0.139 e. The van der Waals surface area contributed by atoms with Crippen LogP contribution in [0.1, 0.15) is 19.4 Å². The maximum Gasteiger partial charge on any atom is 0.139 e. The average molecular weight is 203 g/mol. The molecule has 2 aromatic rings. The van der Waals surface area contributed by atoms with Gasteiger partial charge >= 0.3 is 0 Å². The first-order valence-corrected chi connectivity index (χ1v) is 5.15. The zero-order valence-electron chi connectivity index (χ0n) is 9.49. The Morgan fingerprint density at radius 2 is 2.20 bits per heavy atom. The van der Waals surface area contributed by atoms with Crippen molar-refractivity contribution in [1.29, 1.82) is 0 Å². The number of nitrogens with two attached hydrogens (primary N) is 1. The van der Waals surface area contributed by atoms with Gasteiger partial charge in [0.2, 0.25) is 0 Å². The Labute approximate surface area is 89.9 Å². The molecule has 0 aliphatic carbocycles. The highest BCUT2D eigenvalue weighted by Crippen LogP contribution is 2.21. The molecule has 0 radical (unpaired) electrons. The van der Waals surface area contributed by atoms with Gasteiger partial charge in [-0.25, -0.2) is 4.98 Å². The summed E-state index contributed by atoms with van der Waals surface area (Å²) in [7, 11) is 2.02. The Balaban J connectivity index is 2.53. The minimum atomic E-state index is -0.176. The molecular weight excluding hydrogens is 186 g/mol. The van der Waals surface area contributed by atoms with Crippen LogP contribution >= 0.6 is 0 Å². The molecule has 3 nitrogen and oxygen atoms in total. The van der Waals surface area contributed by atoms with Crippen LogP contribution < -0.4 is 5.73 Å². The summed E-state index contributed by atoms with van der Waals surface area (Å²) < 4.78 is 2.05. The quantitative estimate of drug-likeness (QED) is 0.809. The van der Waals surface area contributed by atoms with E-state index in [2.05, 4.69) is 21.8 Å². The maximum absolute atomic E-state index is 6.04. The topological polar surface area (TPSA) is 43.8 Å².